The molecule has 0 atom stereocenters. The predicted molar refractivity (Wildman–Crippen MR) is 72.4 cm³/mol. The summed E-state index contributed by atoms with van der Waals surface area (Å²) < 4.78 is 0. The Morgan fingerprint density at radius 1 is 0.765 bits per heavy atom. The van der Waals surface area contributed by atoms with E-state index in [9.17, 15) is 0 Å². The molecule has 0 aromatic carbocycles. The first kappa shape index (κ1) is 13.3. The molecule has 100 valence electrons. The summed E-state index contributed by atoms with van der Waals surface area (Å²) in [5.74, 6) is 0. The van der Waals surface area contributed by atoms with Gasteiger partial charge in [0, 0.05) is 18.6 Å². The van der Waals surface area contributed by atoms with Crippen molar-refractivity contribution in [2.45, 2.75) is 83.2 Å². The smallest absolute Gasteiger partial charge is 0.0260 e. The molecule has 2 rings (SSSR count). The van der Waals surface area contributed by atoms with Crippen molar-refractivity contribution in [3.63, 3.8) is 0 Å². The number of rotatable bonds is 5. The number of hydrogen-bond acceptors (Lipinski definition) is 3. The quantitative estimate of drug-likeness (QED) is 0.722. The first-order valence-electron chi connectivity index (χ1n) is 7.68. The first-order valence-corrected chi connectivity index (χ1v) is 7.68. The Balaban J connectivity index is 1.71. The van der Waals surface area contributed by atoms with Gasteiger partial charge in [-0.1, -0.05) is 38.5 Å². The molecule has 0 radical (unpaired) electrons. The summed E-state index contributed by atoms with van der Waals surface area (Å²) in [4.78, 5) is 0. The number of hydrazine groups is 2. The van der Waals surface area contributed by atoms with E-state index in [1.165, 1.54) is 64.2 Å². The third-order valence-corrected chi connectivity index (χ3v) is 4.20. The Morgan fingerprint density at radius 2 is 1.18 bits per heavy atom. The molecule has 2 N–H and O–H groups in total. The summed E-state index contributed by atoms with van der Waals surface area (Å²) in [6.45, 7) is 3.28. The monoisotopic (exact) mass is 239 g/mol. The highest BCUT2D eigenvalue weighted by atomic mass is 15.7. The number of hydrogen-bond donors (Lipinski definition) is 2. The Hall–Kier alpha value is -0.120. The summed E-state index contributed by atoms with van der Waals surface area (Å²) in [7, 11) is 0. The van der Waals surface area contributed by atoms with E-state index in [0.717, 1.165) is 6.54 Å². The SMILES string of the molecule is CCN(NC1CCCCC1)NC1CCCCC1. The highest BCUT2D eigenvalue weighted by molar-refractivity contribution is 4.73. The van der Waals surface area contributed by atoms with E-state index in [4.69, 9.17) is 0 Å². The van der Waals surface area contributed by atoms with Gasteiger partial charge in [0.1, 0.15) is 0 Å². The second-order valence-electron chi connectivity index (χ2n) is 5.67. The van der Waals surface area contributed by atoms with Gasteiger partial charge in [-0.2, -0.15) is 5.12 Å². The molecule has 0 bridgehead atoms. The van der Waals surface area contributed by atoms with Crippen LogP contribution in [0.4, 0.5) is 0 Å². The summed E-state index contributed by atoms with van der Waals surface area (Å²) in [5, 5.41) is 2.26. The van der Waals surface area contributed by atoms with Gasteiger partial charge < -0.3 is 0 Å². The molecular weight excluding hydrogens is 210 g/mol. The van der Waals surface area contributed by atoms with Crippen molar-refractivity contribution < 1.29 is 0 Å². The molecule has 2 fully saturated rings. The maximum atomic E-state index is 3.68. The van der Waals surface area contributed by atoms with Crippen molar-refractivity contribution in [1.29, 1.82) is 0 Å². The summed E-state index contributed by atoms with van der Waals surface area (Å²) >= 11 is 0. The molecule has 2 aliphatic rings. The Bertz CT molecular complexity index is 176. The topological polar surface area (TPSA) is 27.3 Å². The van der Waals surface area contributed by atoms with Crippen LogP contribution in [-0.4, -0.2) is 23.7 Å². The molecule has 3 nitrogen and oxygen atoms in total. The zero-order chi connectivity index (χ0) is 11.9. The summed E-state index contributed by atoms with van der Waals surface area (Å²) in [6, 6.07) is 1.42. The molecule has 0 aromatic rings. The van der Waals surface area contributed by atoms with Crippen LogP contribution in [0.15, 0.2) is 0 Å². The Kier molecular flexibility index (Phi) is 5.75. The maximum Gasteiger partial charge on any atom is 0.0260 e. The molecule has 0 aliphatic heterocycles. The van der Waals surface area contributed by atoms with Gasteiger partial charge in [-0.05, 0) is 32.6 Å². The van der Waals surface area contributed by atoms with E-state index in [0.29, 0.717) is 12.1 Å². The molecular formula is C14H29N3. The lowest BCUT2D eigenvalue weighted by Gasteiger charge is -2.34. The number of nitrogens with one attached hydrogen (secondary N) is 2. The largest absolute Gasteiger partial charge is 0.238 e. The molecule has 0 heterocycles. The van der Waals surface area contributed by atoms with Crippen LogP contribution in [0.1, 0.15) is 71.1 Å². The van der Waals surface area contributed by atoms with E-state index in [1.807, 2.05) is 0 Å². The Morgan fingerprint density at radius 3 is 1.53 bits per heavy atom. The average molecular weight is 239 g/mol. The first-order chi connectivity index (χ1) is 8.38. The lowest BCUT2D eigenvalue weighted by atomic mass is 9.96. The lowest BCUT2D eigenvalue weighted by Crippen LogP contribution is -2.56. The standard InChI is InChI=1S/C14H29N3/c1-2-17(15-13-9-5-3-6-10-13)16-14-11-7-4-8-12-14/h13-16H,2-12H2,1H3. The van der Waals surface area contributed by atoms with Crippen LogP contribution < -0.4 is 10.9 Å². The maximum absolute atomic E-state index is 3.68. The van der Waals surface area contributed by atoms with Crippen LogP contribution in [0.5, 0.6) is 0 Å². The van der Waals surface area contributed by atoms with Gasteiger partial charge in [0.05, 0.1) is 0 Å². The van der Waals surface area contributed by atoms with Gasteiger partial charge in [-0.25, -0.2) is 10.9 Å². The van der Waals surface area contributed by atoms with E-state index < -0.39 is 0 Å². The lowest BCUT2D eigenvalue weighted by molar-refractivity contribution is 0.0571. The van der Waals surface area contributed by atoms with Gasteiger partial charge in [0.2, 0.25) is 0 Å². The fraction of sp³-hybridized carbons (Fsp3) is 1.00. The van der Waals surface area contributed by atoms with Crippen LogP contribution >= 0.6 is 0 Å². The van der Waals surface area contributed by atoms with Gasteiger partial charge >= 0.3 is 0 Å². The van der Waals surface area contributed by atoms with Crippen molar-refractivity contribution in [3.05, 3.63) is 0 Å². The molecule has 0 unspecified atom stereocenters. The third-order valence-electron chi connectivity index (χ3n) is 4.20. The minimum Gasteiger partial charge on any atom is -0.238 e. The molecule has 3 heteroatoms. The van der Waals surface area contributed by atoms with Gasteiger partial charge in [0.25, 0.3) is 0 Å². The van der Waals surface area contributed by atoms with Crippen molar-refractivity contribution in [1.82, 2.24) is 16.0 Å². The van der Waals surface area contributed by atoms with E-state index in [2.05, 4.69) is 22.9 Å². The minimum absolute atomic E-state index is 0.708. The molecule has 2 aliphatic carbocycles. The van der Waals surface area contributed by atoms with E-state index in [1.54, 1.807) is 0 Å². The van der Waals surface area contributed by atoms with Crippen molar-refractivity contribution in [2.75, 3.05) is 6.54 Å². The molecule has 0 saturated heterocycles. The molecule has 2 saturated carbocycles. The van der Waals surface area contributed by atoms with Gasteiger partial charge in [-0.15, -0.1) is 0 Å². The zero-order valence-corrected chi connectivity index (χ0v) is 11.4. The van der Waals surface area contributed by atoms with Gasteiger partial charge in [-0.3, -0.25) is 0 Å². The zero-order valence-electron chi connectivity index (χ0n) is 11.4. The third kappa shape index (κ3) is 4.57. The van der Waals surface area contributed by atoms with E-state index in [-0.39, 0.29) is 0 Å². The van der Waals surface area contributed by atoms with Crippen molar-refractivity contribution in [2.24, 2.45) is 0 Å². The van der Waals surface area contributed by atoms with Gasteiger partial charge in [0.15, 0.2) is 0 Å². The molecule has 17 heavy (non-hydrogen) atoms. The molecule has 0 aromatic heterocycles. The van der Waals surface area contributed by atoms with Crippen LogP contribution in [0.25, 0.3) is 0 Å². The minimum atomic E-state index is 0.708. The van der Waals surface area contributed by atoms with Crippen LogP contribution in [0.2, 0.25) is 0 Å². The normalized spacial score (nSPS) is 24.4. The second-order valence-corrected chi connectivity index (χ2v) is 5.67. The van der Waals surface area contributed by atoms with Crippen LogP contribution in [0, 0.1) is 0 Å². The highest BCUT2D eigenvalue weighted by Gasteiger charge is 2.19. The average Bonchev–Trinajstić information content (AvgIpc) is 2.40. The highest BCUT2D eigenvalue weighted by Crippen LogP contribution is 2.19. The van der Waals surface area contributed by atoms with Crippen molar-refractivity contribution >= 4 is 0 Å². The van der Waals surface area contributed by atoms with E-state index >= 15 is 0 Å². The summed E-state index contributed by atoms with van der Waals surface area (Å²) in [6.07, 6.45) is 13.9. The van der Waals surface area contributed by atoms with Crippen LogP contribution in [-0.2, 0) is 0 Å². The fourth-order valence-corrected chi connectivity index (χ4v) is 3.12. The number of nitrogens with zero attached hydrogens (tertiary/aromatic N) is 1. The fourth-order valence-electron chi connectivity index (χ4n) is 3.12. The Labute approximate surface area is 106 Å². The summed E-state index contributed by atoms with van der Waals surface area (Å²) in [5.41, 5.74) is 7.35. The molecule has 0 spiro atoms. The second kappa shape index (κ2) is 7.34. The van der Waals surface area contributed by atoms with Crippen LogP contribution in [0.3, 0.4) is 0 Å². The predicted octanol–water partition coefficient (Wildman–Crippen LogP) is 2.98. The van der Waals surface area contributed by atoms with Crippen molar-refractivity contribution in [3.8, 4) is 0 Å². The molecule has 0 amide bonds.